The topological polar surface area (TPSA) is 53.4 Å². The van der Waals surface area contributed by atoms with Crippen molar-refractivity contribution in [1.82, 2.24) is 9.88 Å². The van der Waals surface area contributed by atoms with Crippen molar-refractivity contribution in [2.75, 3.05) is 13.1 Å². The van der Waals surface area contributed by atoms with E-state index in [0.29, 0.717) is 12.8 Å². The summed E-state index contributed by atoms with van der Waals surface area (Å²) in [4.78, 5) is 17.7. The van der Waals surface area contributed by atoms with E-state index in [0.717, 1.165) is 17.6 Å². The first-order valence-electron chi connectivity index (χ1n) is 7.78. The molecule has 1 aliphatic heterocycles. The van der Waals surface area contributed by atoms with Crippen LogP contribution in [0.15, 0.2) is 53.3 Å². The van der Waals surface area contributed by atoms with E-state index in [1.54, 1.807) is 0 Å². The zero-order chi connectivity index (χ0) is 16.2. The Bertz CT molecular complexity index is 670. The summed E-state index contributed by atoms with van der Waals surface area (Å²) in [6.45, 7) is 1.57. The number of piperidine rings is 1. The number of likely N-dealkylation sites (tertiary alicyclic amines) is 1. The number of benzene rings is 1. The molecular weight excluding hydrogens is 356 g/mol. The number of aromatic nitrogens is 1. The number of aliphatic carboxylic acids is 1. The Kier molecular flexibility index (Phi) is 5.08. The quantitative estimate of drug-likeness (QED) is 0.885. The number of carboxylic acids is 1. The van der Waals surface area contributed by atoms with Crippen LogP contribution in [0.1, 0.15) is 30.0 Å². The third kappa shape index (κ3) is 3.62. The minimum atomic E-state index is -0.675. The fourth-order valence-corrected chi connectivity index (χ4v) is 3.74. The summed E-state index contributed by atoms with van der Waals surface area (Å²) in [5.74, 6) is -0.894. The van der Waals surface area contributed by atoms with E-state index in [-0.39, 0.29) is 12.0 Å². The molecule has 2 aromatic rings. The molecule has 1 atom stereocenters. The molecule has 120 valence electrons. The molecule has 1 aromatic carbocycles. The number of pyridine rings is 1. The molecule has 0 amide bonds. The lowest BCUT2D eigenvalue weighted by Crippen LogP contribution is -2.39. The van der Waals surface area contributed by atoms with Crippen LogP contribution in [0, 0.1) is 5.92 Å². The number of nitrogens with zero attached hydrogens (tertiary/aromatic N) is 2. The van der Waals surface area contributed by atoms with E-state index in [1.807, 2.05) is 42.7 Å². The van der Waals surface area contributed by atoms with Gasteiger partial charge >= 0.3 is 5.97 Å². The molecule has 1 saturated heterocycles. The highest BCUT2D eigenvalue weighted by Crippen LogP contribution is 2.35. The number of carbonyl (C=O) groups is 1. The monoisotopic (exact) mass is 374 g/mol. The molecule has 1 fully saturated rings. The van der Waals surface area contributed by atoms with Crippen LogP contribution in [0.5, 0.6) is 0 Å². The number of rotatable bonds is 4. The summed E-state index contributed by atoms with van der Waals surface area (Å²) in [5, 5.41) is 9.21. The summed E-state index contributed by atoms with van der Waals surface area (Å²) >= 11 is 3.66. The molecule has 3 rings (SSSR count). The molecule has 4 nitrogen and oxygen atoms in total. The zero-order valence-electron chi connectivity index (χ0n) is 12.7. The summed E-state index contributed by atoms with van der Waals surface area (Å²) < 4.78 is 1.07. The smallest absolute Gasteiger partial charge is 0.306 e. The molecule has 0 aliphatic carbocycles. The molecular formula is C18H19BrN2O2. The number of hydrogen-bond donors (Lipinski definition) is 1. The normalized spacial score (nSPS) is 17.8. The second kappa shape index (κ2) is 7.23. The van der Waals surface area contributed by atoms with Gasteiger partial charge in [0.1, 0.15) is 0 Å². The first-order valence-corrected chi connectivity index (χ1v) is 8.57. The van der Waals surface area contributed by atoms with Gasteiger partial charge in [0.25, 0.3) is 0 Å². The Hall–Kier alpha value is -1.72. The Morgan fingerprint density at radius 1 is 1.17 bits per heavy atom. The Morgan fingerprint density at radius 3 is 2.43 bits per heavy atom. The Labute approximate surface area is 144 Å². The first kappa shape index (κ1) is 16.1. The molecule has 2 heterocycles. The zero-order valence-corrected chi connectivity index (χ0v) is 14.3. The van der Waals surface area contributed by atoms with Gasteiger partial charge in [0, 0.05) is 16.9 Å². The number of hydrogen-bond acceptors (Lipinski definition) is 3. The molecule has 1 unspecified atom stereocenters. The first-order chi connectivity index (χ1) is 11.2. The van der Waals surface area contributed by atoms with Crippen LogP contribution in [0.3, 0.4) is 0 Å². The Balaban J connectivity index is 1.91. The fraction of sp³-hybridized carbons (Fsp3) is 0.333. The van der Waals surface area contributed by atoms with Gasteiger partial charge in [-0.1, -0.05) is 34.1 Å². The molecule has 5 heteroatoms. The molecule has 1 N–H and O–H groups in total. The van der Waals surface area contributed by atoms with Crippen molar-refractivity contribution in [1.29, 1.82) is 0 Å². The van der Waals surface area contributed by atoms with Gasteiger partial charge in [-0.2, -0.15) is 0 Å². The molecule has 0 bridgehead atoms. The maximum Gasteiger partial charge on any atom is 0.306 e. The molecule has 23 heavy (non-hydrogen) atoms. The van der Waals surface area contributed by atoms with Gasteiger partial charge in [-0.15, -0.1) is 0 Å². The lowest BCUT2D eigenvalue weighted by molar-refractivity contribution is -0.143. The van der Waals surface area contributed by atoms with Crippen LogP contribution in [0.2, 0.25) is 0 Å². The highest BCUT2D eigenvalue weighted by atomic mass is 79.9. The van der Waals surface area contributed by atoms with E-state index in [9.17, 15) is 9.90 Å². The highest BCUT2D eigenvalue weighted by Gasteiger charge is 2.30. The minimum absolute atomic E-state index is 0.114. The van der Waals surface area contributed by atoms with Crippen molar-refractivity contribution >= 4 is 21.9 Å². The second-order valence-electron chi connectivity index (χ2n) is 5.85. The van der Waals surface area contributed by atoms with Crippen LogP contribution in [0.25, 0.3) is 0 Å². The predicted molar refractivity (Wildman–Crippen MR) is 92.2 cm³/mol. The van der Waals surface area contributed by atoms with Gasteiger partial charge in [-0.05, 0) is 55.3 Å². The minimum Gasteiger partial charge on any atom is -0.481 e. The van der Waals surface area contributed by atoms with E-state index >= 15 is 0 Å². The van der Waals surface area contributed by atoms with Gasteiger partial charge in [-0.25, -0.2) is 0 Å². The van der Waals surface area contributed by atoms with Crippen LogP contribution in [-0.2, 0) is 4.79 Å². The number of halogens is 1. The van der Waals surface area contributed by atoms with Crippen LogP contribution in [-0.4, -0.2) is 34.0 Å². The summed E-state index contributed by atoms with van der Waals surface area (Å²) in [6, 6.07) is 12.4. The average molecular weight is 375 g/mol. The maximum absolute atomic E-state index is 11.2. The molecule has 0 spiro atoms. The third-order valence-corrected chi connectivity index (χ3v) is 5.19. The van der Waals surface area contributed by atoms with Gasteiger partial charge in [0.15, 0.2) is 0 Å². The van der Waals surface area contributed by atoms with Crippen molar-refractivity contribution in [3.63, 3.8) is 0 Å². The number of carboxylic acid groups (broad SMARTS) is 1. The summed E-state index contributed by atoms with van der Waals surface area (Å²) in [7, 11) is 0. The lowest BCUT2D eigenvalue weighted by Gasteiger charge is -2.37. The predicted octanol–water partition coefficient (Wildman–Crippen LogP) is 3.73. The SMILES string of the molecule is O=C(O)C1CCN(C(c2ccncc2)c2ccccc2Br)CC1. The summed E-state index contributed by atoms with van der Waals surface area (Å²) in [5.41, 5.74) is 2.38. The van der Waals surface area contributed by atoms with Crippen molar-refractivity contribution < 1.29 is 9.90 Å². The van der Waals surface area contributed by atoms with Gasteiger partial charge in [-0.3, -0.25) is 14.7 Å². The van der Waals surface area contributed by atoms with E-state index in [1.165, 1.54) is 11.1 Å². The van der Waals surface area contributed by atoms with E-state index in [4.69, 9.17) is 0 Å². The van der Waals surface area contributed by atoms with Crippen LogP contribution >= 0.6 is 15.9 Å². The standard InChI is InChI=1S/C18H19BrN2O2/c19-16-4-2-1-3-15(16)17(13-5-9-20-10-6-13)21-11-7-14(8-12-21)18(22)23/h1-6,9-10,14,17H,7-8,11-12H2,(H,22,23). The lowest BCUT2D eigenvalue weighted by atomic mass is 9.92. The van der Waals surface area contributed by atoms with Crippen molar-refractivity contribution in [2.45, 2.75) is 18.9 Å². The maximum atomic E-state index is 11.2. The summed E-state index contributed by atoms with van der Waals surface area (Å²) in [6.07, 6.45) is 5.01. The second-order valence-corrected chi connectivity index (χ2v) is 6.71. The molecule has 1 aromatic heterocycles. The van der Waals surface area contributed by atoms with Crippen molar-refractivity contribution in [3.05, 3.63) is 64.4 Å². The Morgan fingerprint density at radius 2 is 1.83 bits per heavy atom. The molecule has 0 saturated carbocycles. The van der Waals surface area contributed by atoms with Gasteiger partial charge in [0.05, 0.1) is 12.0 Å². The van der Waals surface area contributed by atoms with Crippen LogP contribution in [0.4, 0.5) is 0 Å². The van der Waals surface area contributed by atoms with E-state index in [2.05, 4.69) is 31.9 Å². The third-order valence-electron chi connectivity index (χ3n) is 4.47. The van der Waals surface area contributed by atoms with Crippen LogP contribution < -0.4 is 0 Å². The molecule has 1 aliphatic rings. The average Bonchev–Trinajstić information content (AvgIpc) is 2.58. The largest absolute Gasteiger partial charge is 0.481 e. The fourth-order valence-electron chi connectivity index (χ4n) is 3.23. The van der Waals surface area contributed by atoms with Gasteiger partial charge in [0.2, 0.25) is 0 Å². The van der Waals surface area contributed by atoms with Gasteiger partial charge < -0.3 is 5.11 Å². The highest BCUT2D eigenvalue weighted by molar-refractivity contribution is 9.10. The van der Waals surface area contributed by atoms with Crippen molar-refractivity contribution in [2.24, 2.45) is 5.92 Å². The van der Waals surface area contributed by atoms with Crippen molar-refractivity contribution in [3.8, 4) is 0 Å². The van der Waals surface area contributed by atoms with E-state index < -0.39 is 5.97 Å². The molecule has 0 radical (unpaired) electrons.